The van der Waals surface area contributed by atoms with E-state index in [4.69, 9.17) is 21.4 Å². The maximum absolute atomic E-state index is 8.81. The van der Waals surface area contributed by atoms with Gasteiger partial charge in [-0.15, -0.1) is 22.7 Å². The summed E-state index contributed by atoms with van der Waals surface area (Å²) < 4.78 is 1.07. The Labute approximate surface area is 153 Å². The Hall–Kier alpha value is -1.47. The number of halogens is 1. The van der Waals surface area contributed by atoms with Crippen molar-refractivity contribution in [3.8, 4) is 10.6 Å². The first-order valence-electron chi connectivity index (χ1n) is 7.67. The third-order valence-electron chi connectivity index (χ3n) is 3.74. The van der Waals surface area contributed by atoms with Gasteiger partial charge >= 0.3 is 0 Å². The Bertz CT molecular complexity index is 872. The highest BCUT2D eigenvalue weighted by molar-refractivity contribution is 7.23. The molecule has 0 radical (unpaired) electrons. The number of fused-ring (bicyclic) bond motifs is 2. The molecule has 0 atom stereocenters. The molecule has 24 heavy (non-hydrogen) atoms. The van der Waals surface area contributed by atoms with Crippen molar-refractivity contribution in [3.05, 3.63) is 33.7 Å². The Morgan fingerprint density at radius 3 is 2.88 bits per heavy atom. The lowest BCUT2D eigenvalue weighted by Gasteiger charge is -2.13. The summed E-state index contributed by atoms with van der Waals surface area (Å²) in [7, 11) is 1.98. The van der Waals surface area contributed by atoms with Crippen LogP contribution in [0.3, 0.4) is 0 Å². The lowest BCUT2D eigenvalue weighted by Crippen LogP contribution is -2.22. The predicted molar refractivity (Wildman–Crippen MR) is 105 cm³/mol. The molecule has 1 aromatic carbocycles. The monoisotopic (exact) mass is 379 g/mol. The average molecular weight is 380 g/mol. The van der Waals surface area contributed by atoms with E-state index in [1.54, 1.807) is 11.3 Å². The second-order valence-corrected chi connectivity index (χ2v) is 7.74. The molecule has 2 aromatic heterocycles. The number of benzene rings is 1. The molecule has 7 heteroatoms. The Morgan fingerprint density at radius 2 is 2.17 bits per heavy atom. The van der Waals surface area contributed by atoms with Crippen LogP contribution in [0.25, 0.3) is 20.8 Å². The van der Waals surface area contributed by atoms with Gasteiger partial charge in [0.25, 0.3) is 0 Å². The van der Waals surface area contributed by atoms with Crippen LogP contribution in [0.15, 0.2) is 18.2 Å². The predicted octanol–water partition coefficient (Wildman–Crippen LogP) is 4.57. The van der Waals surface area contributed by atoms with Crippen LogP contribution in [0.4, 0.5) is 5.00 Å². The van der Waals surface area contributed by atoms with Crippen molar-refractivity contribution < 1.29 is 4.79 Å². The van der Waals surface area contributed by atoms with E-state index in [1.807, 2.05) is 36.6 Å². The number of thiazole rings is 1. The summed E-state index contributed by atoms with van der Waals surface area (Å²) in [6.45, 7) is 3.44. The van der Waals surface area contributed by atoms with Crippen LogP contribution in [-0.2, 0) is 17.8 Å². The van der Waals surface area contributed by atoms with Gasteiger partial charge in [0.2, 0.25) is 0 Å². The number of anilines is 1. The van der Waals surface area contributed by atoms with E-state index in [-0.39, 0.29) is 0 Å². The van der Waals surface area contributed by atoms with Crippen molar-refractivity contribution in [2.24, 2.45) is 0 Å². The molecule has 0 amide bonds. The molecule has 3 heterocycles. The molecule has 4 nitrogen and oxygen atoms in total. The molecule has 1 aliphatic heterocycles. The van der Waals surface area contributed by atoms with Crippen molar-refractivity contribution in [3.63, 3.8) is 0 Å². The lowest BCUT2D eigenvalue weighted by atomic mass is 10.0. The number of carbonyl (C=O) groups excluding carboxylic acids is 1. The fraction of sp³-hybridized carbons (Fsp3) is 0.294. The number of hydrogen-bond donors (Lipinski definition) is 2. The van der Waals surface area contributed by atoms with Gasteiger partial charge in [-0.05, 0) is 37.6 Å². The fourth-order valence-electron chi connectivity index (χ4n) is 2.76. The van der Waals surface area contributed by atoms with Crippen molar-refractivity contribution in [1.82, 2.24) is 10.3 Å². The van der Waals surface area contributed by atoms with E-state index in [2.05, 4.69) is 10.6 Å². The van der Waals surface area contributed by atoms with Crippen molar-refractivity contribution in [1.29, 1.82) is 0 Å². The highest BCUT2D eigenvalue weighted by Gasteiger charge is 2.23. The quantitative estimate of drug-likeness (QED) is 0.640. The molecule has 2 N–H and O–H groups in total. The van der Waals surface area contributed by atoms with E-state index in [9.17, 15) is 0 Å². The molecule has 0 unspecified atom stereocenters. The molecule has 1 aliphatic rings. The molecule has 0 aliphatic carbocycles. The van der Waals surface area contributed by atoms with Crippen LogP contribution in [0.2, 0.25) is 5.02 Å². The highest BCUT2D eigenvalue weighted by Crippen LogP contribution is 2.45. The number of thiophene rings is 1. The standard InChI is InChI=1S/C15H14ClN3S2.C2H4O/c1-17-14-12(8-5-6-18-7-11(8)20-14)15-19-10-4-2-3-9(16)13(10)21-15;1-2-3/h2-4,17-18H,5-7H2,1H3;2H,1H3. The number of aldehydes is 1. The summed E-state index contributed by atoms with van der Waals surface area (Å²) in [6, 6.07) is 5.92. The van der Waals surface area contributed by atoms with Gasteiger partial charge in [0.1, 0.15) is 11.3 Å². The van der Waals surface area contributed by atoms with Crippen LogP contribution in [-0.4, -0.2) is 24.9 Å². The molecule has 0 saturated carbocycles. The van der Waals surface area contributed by atoms with Crippen molar-refractivity contribution in [2.45, 2.75) is 19.9 Å². The molecular weight excluding hydrogens is 362 g/mol. The van der Waals surface area contributed by atoms with Crippen LogP contribution in [0.5, 0.6) is 0 Å². The zero-order chi connectivity index (χ0) is 17.1. The first kappa shape index (κ1) is 17.4. The van der Waals surface area contributed by atoms with E-state index in [1.165, 1.54) is 27.9 Å². The van der Waals surface area contributed by atoms with Gasteiger partial charge < -0.3 is 15.4 Å². The van der Waals surface area contributed by atoms with Crippen LogP contribution >= 0.6 is 34.3 Å². The molecule has 0 bridgehead atoms. The summed E-state index contributed by atoms with van der Waals surface area (Å²) in [5.74, 6) is 0. The van der Waals surface area contributed by atoms with Gasteiger partial charge in [0.15, 0.2) is 0 Å². The summed E-state index contributed by atoms with van der Waals surface area (Å²) in [4.78, 5) is 15.0. The second kappa shape index (κ2) is 7.61. The van der Waals surface area contributed by atoms with Gasteiger partial charge in [0.05, 0.1) is 20.2 Å². The van der Waals surface area contributed by atoms with Gasteiger partial charge in [0, 0.05) is 24.0 Å². The smallest absolute Gasteiger partial charge is 0.127 e. The molecule has 4 rings (SSSR count). The van der Waals surface area contributed by atoms with E-state index in [0.717, 1.165) is 46.0 Å². The minimum absolute atomic E-state index is 0.750. The Balaban J connectivity index is 0.000000526. The number of nitrogens with one attached hydrogen (secondary N) is 2. The second-order valence-electron chi connectivity index (χ2n) is 5.23. The maximum atomic E-state index is 8.81. The van der Waals surface area contributed by atoms with Crippen LogP contribution in [0, 0.1) is 0 Å². The van der Waals surface area contributed by atoms with Gasteiger partial charge in [-0.25, -0.2) is 4.98 Å². The van der Waals surface area contributed by atoms with E-state index >= 15 is 0 Å². The number of hydrogen-bond acceptors (Lipinski definition) is 6. The maximum Gasteiger partial charge on any atom is 0.127 e. The van der Waals surface area contributed by atoms with E-state index < -0.39 is 0 Å². The summed E-state index contributed by atoms with van der Waals surface area (Å²) in [5, 5.41) is 9.84. The van der Waals surface area contributed by atoms with Crippen LogP contribution in [0.1, 0.15) is 17.4 Å². The normalized spacial score (nSPS) is 13.1. The number of carbonyl (C=O) groups is 1. The molecular formula is C17H18ClN3OS2. The molecule has 3 aromatic rings. The first-order chi connectivity index (χ1) is 11.7. The topological polar surface area (TPSA) is 54.0 Å². The Morgan fingerprint density at radius 1 is 1.38 bits per heavy atom. The lowest BCUT2D eigenvalue weighted by molar-refractivity contribution is -0.106. The number of nitrogens with zero attached hydrogens (tertiary/aromatic N) is 1. The number of aromatic nitrogens is 1. The third-order valence-corrected chi connectivity index (χ3v) is 6.53. The van der Waals surface area contributed by atoms with Crippen LogP contribution < -0.4 is 10.6 Å². The third kappa shape index (κ3) is 3.19. The highest BCUT2D eigenvalue weighted by atomic mass is 35.5. The summed E-state index contributed by atoms with van der Waals surface area (Å²) in [6.07, 6.45) is 1.81. The van der Waals surface area contributed by atoms with Gasteiger partial charge in [-0.2, -0.15) is 0 Å². The Kier molecular flexibility index (Phi) is 5.50. The average Bonchev–Trinajstić information content (AvgIpc) is 3.16. The SMILES string of the molecule is CC=O.CNc1sc2c(c1-c1nc3cccc(Cl)c3s1)CCNC2. The zero-order valence-electron chi connectivity index (χ0n) is 13.5. The fourth-order valence-corrected chi connectivity index (χ4v) is 5.33. The molecule has 0 saturated heterocycles. The largest absolute Gasteiger partial charge is 0.379 e. The summed E-state index contributed by atoms with van der Waals surface area (Å²) >= 11 is 9.81. The minimum atomic E-state index is 0.750. The zero-order valence-corrected chi connectivity index (χ0v) is 15.9. The van der Waals surface area contributed by atoms with E-state index in [0.29, 0.717) is 0 Å². The van der Waals surface area contributed by atoms with Crippen molar-refractivity contribution >= 4 is 55.8 Å². The summed E-state index contributed by atoms with van der Waals surface area (Å²) in [5.41, 5.74) is 3.70. The first-order valence-corrected chi connectivity index (χ1v) is 9.68. The van der Waals surface area contributed by atoms with Gasteiger partial charge in [-0.3, -0.25) is 0 Å². The number of rotatable bonds is 2. The molecule has 0 fully saturated rings. The van der Waals surface area contributed by atoms with Gasteiger partial charge in [-0.1, -0.05) is 17.7 Å². The molecule has 0 spiro atoms. The minimum Gasteiger partial charge on any atom is -0.379 e. The molecule has 126 valence electrons. The van der Waals surface area contributed by atoms with Crippen molar-refractivity contribution in [2.75, 3.05) is 18.9 Å².